The van der Waals surface area contributed by atoms with E-state index in [0.29, 0.717) is 11.5 Å². The molecular formula is C26H38O7. The summed E-state index contributed by atoms with van der Waals surface area (Å²) in [6, 6.07) is 0. The van der Waals surface area contributed by atoms with Crippen molar-refractivity contribution in [2.24, 2.45) is 34.5 Å². The van der Waals surface area contributed by atoms with Crippen molar-refractivity contribution in [3.63, 3.8) is 0 Å². The fourth-order valence-corrected chi connectivity index (χ4v) is 7.19. The minimum atomic E-state index is -2.04. The second kappa shape index (κ2) is 7.48. The Morgan fingerprint density at radius 2 is 1.91 bits per heavy atom. The summed E-state index contributed by atoms with van der Waals surface area (Å²) in [4.78, 5) is 26.6. The van der Waals surface area contributed by atoms with Crippen LogP contribution < -0.4 is 0 Å². The summed E-state index contributed by atoms with van der Waals surface area (Å²) in [6.45, 7) is 12.4. The number of ether oxygens (including phenoxy) is 2. The van der Waals surface area contributed by atoms with E-state index in [2.05, 4.69) is 13.8 Å². The molecule has 8 atom stereocenters. The standard InChI is InChI=1S/C26H38O7/c1-13-10-25-14(2)8-17-19(24(17,6)7)16(21(25)30)9-15(11-27)20(29)26(25,31)22(13)32-12-18(28)33-23(3,4)5/h9-10,14,16-17,19-20,22,27,29,31H,8,11-12H2,1-7H3/t14-,16+,17-,19+,20-,22+,25-,26+/m1/s1. The molecule has 4 aliphatic carbocycles. The molecule has 4 rings (SSSR count). The lowest BCUT2D eigenvalue weighted by atomic mass is 9.59. The maximum Gasteiger partial charge on any atom is 0.332 e. The Hall–Kier alpha value is -1.54. The molecule has 0 aromatic rings. The Kier molecular flexibility index (Phi) is 5.57. The Labute approximate surface area is 195 Å². The Morgan fingerprint density at radius 1 is 1.27 bits per heavy atom. The molecule has 0 saturated heterocycles. The highest BCUT2D eigenvalue weighted by Crippen LogP contribution is 2.71. The summed E-state index contributed by atoms with van der Waals surface area (Å²) < 4.78 is 11.2. The van der Waals surface area contributed by atoms with Crippen LogP contribution in [0.4, 0.5) is 0 Å². The van der Waals surface area contributed by atoms with Crippen LogP contribution in [-0.4, -0.2) is 63.7 Å². The van der Waals surface area contributed by atoms with Gasteiger partial charge >= 0.3 is 5.97 Å². The minimum Gasteiger partial charge on any atom is -0.458 e. The van der Waals surface area contributed by atoms with Crippen molar-refractivity contribution in [1.82, 2.24) is 0 Å². The first kappa shape index (κ1) is 24.6. The molecule has 7 heteroatoms. The molecular weight excluding hydrogens is 424 g/mol. The third kappa shape index (κ3) is 3.30. The first-order valence-electron chi connectivity index (χ1n) is 11.9. The highest BCUT2D eigenvalue weighted by Gasteiger charge is 2.76. The predicted molar refractivity (Wildman–Crippen MR) is 121 cm³/mol. The normalized spacial score (nSPS) is 43.5. The highest BCUT2D eigenvalue weighted by molar-refractivity contribution is 5.95. The topological polar surface area (TPSA) is 113 Å². The molecule has 0 amide bonds. The molecule has 33 heavy (non-hydrogen) atoms. The Morgan fingerprint density at radius 3 is 2.48 bits per heavy atom. The molecule has 0 unspecified atom stereocenters. The number of hydrogen-bond donors (Lipinski definition) is 3. The predicted octanol–water partition coefficient (Wildman–Crippen LogP) is 2.18. The van der Waals surface area contributed by atoms with Gasteiger partial charge in [-0.25, -0.2) is 4.79 Å². The number of rotatable bonds is 4. The second-order valence-corrected chi connectivity index (χ2v) is 12.1. The number of carbonyl (C=O) groups excluding carboxylic acids is 2. The summed E-state index contributed by atoms with van der Waals surface area (Å²) in [5.41, 5.74) is -3.32. The maximum absolute atomic E-state index is 14.2. The monoisotopic (exact) mass is 462 g/mol. The highest BCUT2D eigenvalue weighted by atomic mass is 16.6. The number of ketones is 1. The third-order valence-electron chi connectivity index (χ3n) is 8.68. The number of fused-ring (bicyclic) bond motifs is 3. The molecule has 0 aromatic carbocycles. The van der Waals surface area contributed by atoms with Crippen molar-refractivity contribution in [3.05, 3.63) is 23.3 Å². The molecule has 2 saturated carbocycles. The van der Waals surface area contributed by atoms with Gasteiger partial charge in [0.1, 0.15) is 30.0 Å². The Balaban J connectivity index is 1.77. The van der Waals surface area contributed by atoms with E-state index < -0.39 is 53.9 Å². The van der Waals surface area contributed by atoms with E-state index in [-0.39, 0.29) is 28.6 Å². The third-order valence-corrected chi connectivity index (χ3v) is 8.68. The zero-order chi connectivity index (χ0) is 24.7. The SMILES string of the molecule is CC1=C[C@@]23C(=O)[C@@H](C=C(CO)[C@@H](O)[C@]2(O)[C@H]1OCC(=O)OC(C)(C)C)[C@H]1[C@@H](C[C@H]3C)C1(C)C. The van der Waals surface area contributed by atoms with Crippen LogP contribution in [0.5, 0.6) is 0 Å². The van der Waals surface area contributed by atoms with E-state index in [1.807, 2.05) is 6.92 Å². The number of Topliss-reactive ketones (excluding diaryl/α,β-unsaturated/α-hetero) is 1. The molecule has 0 aromatic heterocycles. The fourth-order valence-electron chi connectivity index (χ4n) is 7.19. The molecule has 0 heterocycles. The molecule has 2 fully saturated rings. The lowest BCUT2D eigenvalue weighted by Gasteiger charge is -2.49. The molecule has 7 nitrogen and oxygen atoms in total. The van der Waals surface area contributed by atoms with E-state index in [0.717, 1.165) is 6.42 Å². The van der Waals surface area contributed by atoms with Gasteiger partial charge in [-0.3, -0.25) is 4.79 Å². The van der Waals surface area contributed by atoms with Gasteiger partial charge in [-0.05, 0) is 68.4 Å². The summed E-state index contributed by atoms with van der Waals surface area (Å²) >= 11 is 0. The van der Waals surface area contributed by atoms with Crippen LogP contribution in [0.2, 0.25) is 0 Å². The van der Waals surface area contributed by atoms with Crippen molar-refractivity contribution in [2.75, 3.05) is 13.2 Å². The first-order chi connectivity index (χ1) is 15.1. The van der Waals surface area contributed by atoms with Gasteiger partial charge in [0.2, 0.25) is 0 Å². The molecule has 3 N–H and O–H groups in total. The average Bonchev–Trinajstić information content (AvgIpc) is 3.16. The van der Waals surface area contributed by atoms with Crippen LogP contribution >= 0.6 is 0 Å². The summed E-state index contributed by atoms with van der Waals surface area (Å²) in [5, 5.41) is 33.8. The number of carbonyl (C=O) groups is 2. The van der Waals surface area contributed by atoms with E-state index in [1.54, 1.807) is 39.8 Å². The number of hydrogen-bond acceptors (Lipinski definition) is 7. The van der Waals surface area contributed by atoms with Gasteiger partial charge in [-0.2, -0.15) is 0 Å². The van der Waals surface area contributed by atoms with Crippen molar-refractivity contribution in [2.45, 2.75) is 78.3 Å². The quantitative estimate of drug-likeness (QED) is 0.433. The van der Waals surface area contributed by atoms with Gasteiger partial charge in [0.05, 0.1) is 12.0 Å². The zero-order valence-corrected chi connectivity index (χ0v) is 20.7. The largest absolute Gasteiger partial charge is 0.458 e. The summed E-state index contributed by atoms with van der Waals surface area (Å²) in [6.07, 6.45) is 1.57. The molecule has 0 aliphatic heterocycles. The van der Waals surface area contributed by atoms with Gasteiger partial charge in [0.15, 0.2) is 5.78 Å². The smallest absolute Gasteiger partial charge is 0.332 e. The van der Waals surface area contributed by atoms with Crippen molar-refractivity contribution in [3.8, 4) is 0 Å². The fraction of sp³-hybridized carbons (Fsp3) is 0.769. The van der Waals surface area contributed by atoms with Gasteiger partial charge in [-0.1, -0.05) is 32.9 Å². The molecule has 2 bridgehead atoms. The molecule has 4 aliphatic rings. The van der Waals surface area contributed by atoms with E-state index in [9.17, 15) is 24.9 Å². The van der Waals surface area contributed by atoms with Crippen LogP contribution in [0.1, 0.15) is 54.9 Å². The minimum absolute atomic E-state index is 0.0232. The number of esters is 1. The lowest BCUT2D eigenvalue weighted by molar-refractivity contribution is -0.203. The molecule has 184 valence electrons. The van der Waals surface area contributed by atoms with E-state index in [1.165, 1.54) is 0 Å². The zero-order valence-electron chi connectivity index (χ0n) is 20.7. The van der Waals surface area contributed by atoms with Gasteiger partial charge < -0.3 is 24.8 Å². The molecule has 1 spiro atoms. The number of aliphatic hydroxyl groups excluding tert-OH is 2. The summed E-state index contributed by atoms with van der Waals surface area (Å²) in [7, 11) is 0. The van der Waals surface area contributed by atoms with E-state index in [4.69, 9.17) is 9.47 Å². The summed E-state index contributed by atoms with van der Waals surface area (Å²) in [5.74, 6) is -1.09. The van der Waals surface area contributed by atoms with Gasteiger partial charge in [-0.15, -0.1) is 0 Å². The number of allylic oxidation sites excluding steroid dienone is 1. The first-order valence-corrected chi connectivity index (χ1v) is 11.9. The van der Waals surface area contributed by atoms with E-state index >= 15 is 0 Å². The van der Waals surface area contributed by atoms with Crippen molar-refractivity contribution >= 4 is 11.8 Å². The van der Waals surface area contributed by atoms with Crippen LogP contribution in [0.15, 0.2) is 23.3 Å². The Bertz CT molecular complexity index is 925. The van der Waals surface area contributed by atoms with Crippen LogP contribution in [0.25, 0.3) is 0 Å². The van der Waals surface area contributed by atoms with Crippen molar-refractivity contribution in [1.29, 1.82) is 0 Å². The molecule has 0 radical (unpaired) electrons. The number of aliphatic hydroxyl groups is 3. The van der Waals surface area contributed by atoms with Crippen LogP contribution in [0, 0.1) is 34.5 Å². The van der Waals surface area contributed by atoms with Crippen molar-refractivity contribution < 1.29 is 34.4 Å². The average molecular weight is 463 g/mol. The van der Waals surface area contributed by atoms with Gasteiger partial charge in [0, 0.05) is 5.92 Å². The van der Waals surface area contributed by atoms with Gasteiger partial charge in [0.25, 0.3) is 0 Å². The second-order valence-electron chi connectivity index (χ2n) is 12.1. The van der Waals surface area contributed by atoms with Crippen LogP contribution in [0.3, 0.4) is 0 Å². The lowest BCUT2D eigenvalue weighted by Crippen LogP contribution is -2.65. The van der Waals surface area contributed by atoms with Crippen LogP contribution in [-0.2, 0) is 19.1 Å². The maximum atomic E-state index is 14.2.